The fourth-order valence-electron chi connectivity index (χ4n) is 1.54. The Morgan fingerprint density at radius 2 is 2.06 bits per heavy atom. The van der Waals surface area contributed by atoms with E-state index in [1.165, 1.54) is 6.07 Å². The fourth-order valence-corrected chi connectivity index (χ4v) is 2.02. The molecule has 1 aromatic carbocycles. The van der Waals surface area contributed by atoms with E-state index in [9.17, 15) is 13.2 Å². The Morgan fingerprint density at radius 1 is 1.39 bits per heavy atom. The second-order valence-corrected chi connectivity index (χ2v) is 5.03. The van der Waals surface area contributed by atoms with Gasteiger partial charge >= 0.3 is 6.18 Å². The van der Waals surface area contributed by atoms with Crippen LogP contribution >= 0.6 is 15.9 Å². The van der Waals surface area contributed by atoms with Crippen LogP contribution in [0.5, 0.6) is 0 Å². The van der Waals surface area contributed by atoms with Crippen LogP contribution in [0.2, 0.25) is 0 Å². The standard InChI is InChI=1S/C12H16BrF3N2/c1-8(4-5-17)18-7-9-2-3-11(13)10(6-9)12(14,15)16/h2-3,6,8,18H,4-5,7,17H2,1H3. The van der Waals surface area contributed by atoms with E-state index < -0.39 is 11.7 Å². The Hall–Kier alpha value is -0.590. The topological polar surface area (TPSA) is 38.0 Å². The van der Waals surface area contributed by atoms with Crippen LogP contribution in [0.1, 0.15) is 24.5 Å². The zero-order valence-corrected chi connectivity index (χ0v) is 11.6. The van der Waals surface area contributed by atoms with E-state index in [0.29, 0.717) is 18.7 Å². The van der Waals surface area contributed by atoms with Gasteiger partial charge in [0.25, 0.3) is 0 Å². The van der Waals surface area contributed by atoms with Crippen LogP contribution < -0.4 is 11.1 Å². The molecule has 2 nitrogen and oxygen atoms in total. The molecule has 1 atom stereocenters. The summed E-state index contributed by atoms with van der Waals surface area (Å²) in [7, 11) is 0. The molecule has 0 heterocycles. The lowest BCUT2D eigenvalue weighted by molar-refractivity contribution is -0.138. The lowest BCUT2D eigenvalue weighted by atomic mass is 10.1. The zero-order chi connectivity index (χ0) is 13.8. The molecule has 0 saturated heterocycles. The third-order valence-electron chi connectivity index (χ3n) is 2.59. The Kier molecular flexibility index (Phi) is 5.62. The maximum absolute atomic E-state index is 12.7. The molecule has 1 aromatic rings. The van der Waals surface area contributed by atoms with Crippen molar-refractivity contribution in [1.82, 2.24) is 5.32 Å². The highest BCUT2D eigenvalue weighted by atomic mass is 79.9. The molecule has 0 aliphatic heterocycles. The van der Waals surface area contributed by atoms with Gasteiger partial charge < -0.3 is 11.1 Å². The number of halogens is 4. The SMILES string of the molecule is CC(CCN)NCc1ccc(Br)c(C(F)(F)F)c1. The highest BCUT2D eigenvalue weighted by molar-refractivity contribution is 9.10. The van der Waals surface area contributed by atoms with Crippen molar-refractivity contribution in [3.8, 4) is 0 Å². The molecule has 0 saturated carbocycles. The van der Waals surface area contributed by atoms with Gasteiger partial charge in [-0.2, -0.15) is 13.2 Å². The molecule has 0 bridgehead atoms. The summed E-state index contributed by atoms with van der Waals surface area (Å²) in [6.45, 7) is 2.91. The molecule has 18 heavy (non-hydrogen) atoms. The van der Waals surface area contributed by atoms with Gasteiger partial charge in [-0.15, -0.1) is 0 Å². The molecule has 0 radical (unpaired) electrons. The quantitative estimate of drug-likeness (QED) is 0.872. The van der Waals surface area contributed by atoms with Gasteiger partial charge in [-0.1, -0.05) is 22.0 Å². The Morgan fingerprint density at radius 3 is 2.61 bits per heavy atom. The van der Waals surface area contributed by atoms with Gasteiger partial charge in [0.15, 0.2) is 0 Å². The number of hydrogen-bond donors (Lipinski definition) is 2. The van der Waals surface area contributed by atoms with Crippen molar-refractivity contribution in [1.29, 1.82) is 0 Å². The van der Waals surface area contributed by atoms with E-state index in [4.69, 9.17) is 5.73 Å². The lowest BCUT2D eigenvalue weighted by Gasteiger charge is -2.14. The summed E-state index contributed by atoms with van der Waals surface area (Å²) in [5.41, 5.74) is 5.37. The highest BCUT2D eigenvalue weighted by Gasteiger charge is 2.32. The van der Waals surface area contributed by atoms with E-state index in [-0.39, 0.29) is 10.5 Å². The maximum Gasteiger partial charge on any atom is 0.417 e. The van der Waals surface area contributed by atoms with E-state index in [0.717, 1.165) is 12.5 Å². The number of alkyl halides is 3. The van der Waals surface area contributed by atoms with Gasteiger partial charge in [0.1, 0.15) is 0 Å². The lowest BCUT2D eigenvalue weighted by Crippen LogP contribution is -2.27. The highest BCUT2D eigenvalue weighted by Crippen LogP contribution is 2.35. The largest absolute Gasteiger partial charge is 0.417 e. The minimum Gasteiger partial charge on any atom is -0.330 e. The molecule has 0 aromatic heterocycles. The first-order valence-electron chi connectivity index (χ1n) is 5.63. The van der Waals surface area contributed by atoms with Crippen molar-refractivity contribution in [2.24, 2.45) is 5.73 Å². The normalized spacial score (nSPS) is 13.7. The molecule has 0 amide bonds. The average molecular weight is 325 g/mol. The molecule has 0 aliphatic carbocycles. The van der Waals surface area contributed by atoms with Gasteiger partial charge in [-0.05, 0) is 37.6 Å². The average Bonchev–Trinajstić information content (AvgIpc) is 2.27. The molecule has 1 unspecified atom stereocenters. The summed E-state index contributed by atoms with van der Waals surface area (Å²) in [6.07, 6.45) is -3.54. The Balaban J connectivity index is 2.74. The minimum absolute atomic E-state index is 0.0637. The molecular weight excluding hydrogens is 309 g/mol. The maximum atomic E-state index is 12.7. The van der Waals surface area contributed by atoms with Crippen molar-refractivity contribution in [2.75, 3.05) is 6.54 Å². The first-order valence-corrected chi connectivity index (χ1v) is 6.43. The summed E-state index contributed by atoms with van der Waals surface area (Å²) in [5, 5.41) is 3.14. The number of nitrogens with two attached hydrogens (primary N) is 1. The van der Waals surface area contributed by atoms with Crippen molar-refractivity contribution in [2.45, 2.75) is 32.1 Å². The second kappa shape index (κ2) is 6.54. The van der Waals surface area contributed by atoms with Crippen LogP contribution in [0.3, 0.4) is 0 Å². The smallest absolute Gasteiger partial charge is 0.330 e. The summed E-state index contributed by atoms with van der Waals surface area (Å²) in [6, 6.07) is 4.44. The number of benzene rings is 1. The van der Waals surface area contributed by atoms with Crippen LogP contribution in [-0.4, -0.2) is 12.6 Å². The molecule has 102 valence electrons. The zero-order valence-electron chi connectivity index (χ0n) is 10.0. The van der Waals surface area contributed by atoms with Gasteiger partial charge in [0, 0.05) is 17.1 Å². The third-order valence-corrected chi connectivity index (χ3v) is 3.28. The monoisotopic (exact) mass is 324 g/mol. The second-order valence-electron chi connectivity index (χ2n) is 4.17. The van der Waals surface area contributed by atoms with Crippen molar-refractivity contribution < 1.29 is 13.2 Å². The summed E-state index contributed by atoms with van der Waals surface area (Å²) < 4.78 is 38.1. The van der Waals surface area contributed by atoms with Crippen LogP contribution in [0.15, 0.2) is 22.7 Å². The molecule has 0 aliphatic rings. The van der Waals surface area contributed by atoms with Crippen LogP contribution in [0.4, 0.5) is 13.2 Å². The van der Waals surface area contributed by atoms with Crippen LogP contribution in [0, 0.1) is 0 Å². The number of nitrogens with one attached hydrogen (secondary N) is 1. The predicted octanol–water partition coefficient (Wildman–Crippen LogP) is 3.29. The fraction of sp³-hybridized carbons (Fsp3) is 0.500. The molecule has 1 rings (SSSR count). The van der Waals surface area contributed by atoms with E-state index in [2.05, 4.69) is 21.2 Å². The van der Waals surface area contributed by atoms with E-state index in [1.54, 1.807) is 6.07 Å². The first kappa shape index (κ1) is 15.5. The summed E-state index contributed by atoms with van der Waals surface area (Å²) in [4.78, 5) is 0. The first-order chi connectivity index (χ1) is 8.34. The van der Waals surface area contributed by atoms with Gasteiger partial charge in [-0.3, -0.25) is 0 Å². The van der Waals surface area contributed by atoms with Gasteiger partial charge in [-0.25, -0.2) is 0 Å². The van der Waals surface area contributed by atoms with E-state index >= 15 is 0 Å². The van der Waals surface area contributed by atoms with Crippen molar-refractivity contribution in [3.05, 3.63) is 33.8 Å². The Bertz CT molecular complexity index is 393. The van der Waals surface area contributed by atoms with Crippen LogP contribution in [-0.2, 0) is 12.7 Å². The van der Waals surface area contributed by atoms with E-state index in [1.807, 2.05) is 6.92 Å². The Labute approximate surface area is 113 Å². The molecule has 0 fully saturated rings. The number of hydrogen-bond acceptors (Lipinski definition) is 2. The third kappa shape index (κ3) is 4.59. The summed E-state index contributed by atoms with van der Waals surface area (Å²) >= 11 is 2.91. The van der Waals surface area contributed by atoms with Crippen LogP contribution in [0.25, 0.3) is 0 Å². The van der Waals surface area contributed by atoms with Gasteiger partial charge in [0.05, 0.1) is 5.56 Å². The minimum atomic E-state index is -4.34. The molecule has 3 N–H and O–H groups in total. The van der Waals surface area contributed by atoms with Crippen molar-refractivity contribution in [3.63, 3.8) is 0 Å². The molecular formula is C12H16BrF3N2. The number of rotatable bonds is 5. The molecule has 0 spiro atoms. The van der Waals surface area contributed by atoms with Gasteiger partial charge in [0.2, 0.25) is 0 Å². The molecule has 6 heteroatoms. The summed E-state index contributed by atoms with van der Waals surface area (Å²) in [5.74, 6) is 0. The van der Waals surface area contributed by atoms with Crippen molar-refractivity contribution >= 4 is 15.9 Å². The predicted molar refractivity (Wildman–Crippen MR) is 69.1 cm³/mol.